The summed E-state index contributed by atoms with van der Waals surface area (Å²) in [6, 6.07) is 26.8. The maximum Gasteiger partial charge on any atom is 0.243 e. The number of hydrogen-bond acceptors (Lipinski definition) is 2. The third-order valence-electron chi connectivity index (χ3n) is 10.0. The Kier molecular flexibility index (Phi) is 7.28. The van der Waals surface area contributed by atoms with Crippen LogP contribution in [0.15, 0.2) is 97.6 Å². The van der Waals surface area contributed by atoms with E-state index in [9.17, 15) is 0 Å². The molecule has 0 radical (unpaired) electrons. The Balaban J connectivity index is 1.61. The molecule has 0 spiro atoms. The summed E-state index contributed by atoms with van der Waals surface area (Å²) in [4.78, 5) is 9.03. The van der Waals surface area contributed by atoms with Gasteiger partial charge >= 0.3 is 0 Å². The zero-order valence-corrected chi connectivity index (χ0v) is 27.4. The SMILES string of the molecule is Cc1cc(C)c(-c2cccnc2)c(C)c1B1c2c(cc(C)c(-c3cccnc3)c2C)Cc2c1c(C)cc(C)c2-c1ccccc1. The zero-order chi connectivity index (χ0) is 31.4. The predicted molar refractivity (Wildman–Crippen MR) is 192 cm³/mol. The van der Waals surface area contributed by atoms with E-state index in [1.807, 2.05) is 36.9 Å². The summed E-state index contributed by atoms with van der Waals surface area (Å²) in [5, 5.41) is 0. The van der Waals surface area contributed by atoms with Crippen molar-refractivity contribution >= 4 is 23.1 Å². The van der Waals surface area contributed by atoms with Crippen molar-refractivity contribution in [1.29, 1.82) is 0 Å². The molecule has 220 valence electrons. The molecule has 0 atom stereocenters. The zero-order valence-electron chi connectivity index (χ0n) is 27.4. The lowest BCUT2D eigenvalue weighted by Crippen LogP contribution is -2.60. The molecular formula is C42H39BN2. The van der Waals surface area contributed by atoms with Crippen LogP contribution in [0.3, 0.4) is 0 Å². The Labute approximate surface area is 268 Å². The average Bonchev–Trinajstić information content (AvgIpc) is 3.02. The molecule has 2 nitrogen and oxygen atoms in total. The van der Waals surface area contributed by atoms with Gasteiger partial charge in [-0.3, -0.25) is 9.97 Å². The maximum absolute atomic E-state index is 4.51. The maximum atomic E-state index is 4.51. The van der Waals surface area contributed by atoms with E-state index >= 15 is 0 Å². The van der Waals surface area contributed by atoms with Crippen molar-refractivity contribution in [2.45, 2.75) is 54.9 Å². The van der Waals surface area contributed by atoms with Crippen molar-refractivity contribution < 1.29 is 0 Å². The van der Waals surface area contributed by atoms with Gasteiger partial charge in [0.05, 0.1) is 0 Å². The van der Waals surface area contributed by atoms with Crippen LogP contribution < -0.4 is 16.4 Å². The average molecular weight is 583 g/mol. The van der Waals surface area contributed by atoms with Crippen LogP contribution in [0.5, 0.6) is 0 Å². The van der Waals surface area contributed by atoms with Crippen LogP contribution in [0.25, 0.3) is 33.4 Å². The first-order valence-corrected chi connectivity index (χ1v) is 16.0. The topological polar surface area (TPSA) is 25.8 Å². The standard InChI is InChI=1S/C42H39BN2/c1-25-19-28(4)40(30(6)37(25)33-15-11-17-44-23-33)43-41-29(5)20-26(2)39(32-13-9-8-10-14-32)36(41)22-35-21-27(3)38(31(7)42(35)43)34-16-12-18-45-24-34/h8-21,23-24H,22H2,1-7H3. The number of aryl methyl sites for hydroxylation is 5. The summed E-state index contributed by atoms with van der Waals surface area (Å²) in [5.74, 6) is 0. The van der Waals surface area contributed by atoms with E-state index in [-0.39, 0.29) is 6.71 Å². The van der Waals surface area contributed by atoms with Crippen molar-refractivity contribution in [1.82, 2.24) is 9.97 Å². The molecule has 1 aliphatic heterocycles. The highest BCUT2D eigenvalue weighted by Gasteiger charge is 2.38. The van der Waals surface area contributed by atoms with Gasteiger partial charge < -0.3 is 0 Å². The van der Waals surface area contributed by atoms with E-state index in [1.165, 1.54) is 99.8 Å². The van der Waals surface area contributed by atoms with Crippen molar-refractivity contribution in [3.05, 3.63) is 148 Å². The van der Waals surface area contributed by atoms with Crippen molar-refractivity contribution in [3.8, 4) is 33.4 Å². The van der Waals surface area contributed by atoms with Crippen molar-refractivity contribution in [2.24, 2.45) is 0 Å². The van der Waals surface area contributed by atoms with Gasteiger partial charge in [-0.15, -0.1) is 0 Å². The monoisotopic (exact) mass is 582 g/mol. The Morgan fingerprint density at radius 3 is 1.58 bits per heavy atom. The minimum Gasteiger partial charge on any atom is -0.264 e. The Morgan fingerprint density at radius 1 is 0.489 bits per heavy atom. The third kappa shape index (κ3) is 4.73. The summed E-state index contributed by atoms with van der Waals surface area (Å²) in [7, 11) is 0. The molecule has 2 aromatic heterocycles. The Morgan fingerprint density at radius 2 is 1.00 bits per heavy atom. The molecule has 6 aromatic rings. The molecule has 45 heavy (non-hydrogen) atoms. The van der Waals surface area contributed by atoms with Crippen LogP contribution in [0, 0.1) is 48.5 Å². The molecule has 0 aliphatic carbocycles. The van der Waals surface area contributed by atoms with Gasteiger partial charge in [-0.05, 0) is 128 Å². The number of rotatable bonds is 4. The van der Waals surface area contributed by atoms with Crippen molar-refractivity contribution in [3.63, 3.8) is 0 Å². The quantitative estimate of drug-likeness (QED) is 0.196. The first-order valence-electron chi connectivity index (χ1n) is 16.0. The fourth-order valence-corrected chi connectivity index (χ4v) is 8.49. The second-order valence-electron chi connectivity index (χ2n) is 12.9. The van der Waals surface area contributed by atoms with E-state index in [4.69, 9.17) is 0 Å². The highest BCUT2D eigenvalue weighted by Crippen LogP contribution is 2.36. The Bertz CT molecular complexity index is 2010. The third-order valence-corrected chi connectivity index (χ3v) is 10.0. The molecule has 0 saturated heterocycles. The highest BCUT2D eigenvalue weighted by atomic mass is 14.6. The van der Waals surface area contributed by atoms with E-state index in [0.717, 1.165) is 6.42 Å². The number of pyridine rings is 2. The number of hydrogen-bond donors (Lipinski definition) is 0. The molecule has 0 amide bonds. The molecule has 0 saturated carbocycles. The molecule has 7 rings (SSSR count). The second kappa shape index (κ2) is 11.3. The van der Waals surface area contributed by atoms with E-state index in [0.29, 0.717) is 0 Å². The molecule has 0 unspecified atom stereocenters. The smallest absolute Gasteiger partial charge is 0.243 e. The van der Waals surface area contributed by atoms with Crippen LogP contribution >= 0.6 is 0 Å². The molecule has 3 heterocycles. The highest BCUT2D eigenvalue weighted by molar-refractivity contribution is 6.97. The summed E-state index contributed by atoms with van der Waals surface area (Å²) < 4.78 is 0. The lowest BCUT2D eigenvalue weighted by atomic mass is 9.30. The van der Waals surface area contributed by atoms with Gasteiger partial charge in [0.2, 0.25) is 6.71 Å². The number of fused-ring (bicyclic) bond motifs is 2. The van der Waals surface area contributed by atoms with Gasteiger partial charge in [-0.1, -0.05) is 88.2 Å². The summed E-state index contributed by atoms with van der Waals surface area (Å²) >= 11 is 0. The number of benzene rings is 4. The molecule has 1 aliphatic rings. The van der Waals surface area contributed by atoms with Gasteiger partial charge in [0.15, 0.2) is 0 Å². The van der Waals surface area contributed by atoms with Gasteiger partial charge in [0.25, 0.3) is 0 Å². The van der Waals surface area contributed by atoms with Crippen LogP contribution in [-0.2, 0) is 6.42 Å². The van der Waals surface area contributed by atoms with Gasteiger partial charge in [0, 0.05) is 35.9 Å². The number of aromatic nitrogens is 2. The van der Waals surface area contributed by atoms with Crippen LogP contribution in [0.1, 0.15) is 50.1 Å². The minimum absolute atomic E-state index is 0.0962. The first-order chi connectivity index (χ1) is 21.8. The summed E-state index contributed by atoms with van der Waals surface area (Å²) in [6.07, 6.45) is 8.66. The second-order valence-corrected chi connectivity index (χ2v) is 12.9. The molecular weight excluding hydrogens is 543 g/mol. The largest absolute Gasteiger partial charge is 0.264 e. The lowest BCUT2D eigenvalue weighted by Gasteiger charge is -2.35. The van der Waals surface area contributed by atoms with E-state index < -0.39 is 0 Å². The van der Waals surface area contributed by atoms with Gasteiger partial charge in [-0.25, -0.2) is 0 Å². The summed E-state index contributed by atoms with van der Waals surface area (Å²) in [5.41, 5.74) is 24.2. The molecule has 3 heteroatoms. The Hall–Kier alpha value is -4.76. The normalized spacial score (nSPS) is 12.2. The van der Waals surface area contributed by atoms with Crippen LogP contribution in [0.4, 0.5) is 0 Å². The lowest BCUT2D eigenvalue weighted by molar-refractivity contribution is 1.17. The first kappa shape index (κ1) is 29.0. The van der Waals surface area contributed by atoms with E-state index in [2.05, 4.69) is 119 Å². The van der Waals surface area contributed by atoms with Gasteiger partial charge in [-0.2, -0.15) is 0 Å². The van der Waals surface area contributed by atoms with Crippen LogP contribution in [-0.4, -0.2) is 16.7 Å². The molecule has 0 N–H and O–H groups in total. The molecule has 0 bridgehead atoms. The minimum atomic E-state index is 0.0962. The van der Waals surface area contributed by atoms with E-state index in [1.54, 1.807) is 0 Å². The van der Waals surface area contributed by atoms with Gasteiger partial charge in [0.1, 0.15) is 0 Å². The summed E-state index contributed by atoms with van der Waals surface area (Å²) in [6.45, 7) is 16.2. The van der Waals surface area contributed by atoms with Crippen molar-refractivity contribution in [2.75, 3.05) is 0 Å². The predicted octanol–water partition coefficient (Wildman–Crippen LogP) is 8.06. The van der Waals surface area contributed by atoms with Crippen LogP contribution in [0.2, 0.25) is 0 Å². The molecule has 0 fully saturated rings. The fraction of sp³-hybridized carbons (Fsp3) is 0.190. The molecule has 4 aromatic carbocycles. The number of nitrogens with zero attached hydrogens (tertiary/aromatic N) is 2. The fourth-order valence-electron chi connectivity index (χ4n) is 8.49.